The minimum Gasteiger partial charge on any atom is -0.388 e. The van der Waals surface area contributed by atoms with E-state index in [9.17, 15) is 9.90 Å². The highest BCUT2D eigenvalue weighted by Gasteiger charge is 2.36. The largest absolute Gasteiger partial charge is 0.388 e. The number of amides is 1. The normalized spacial score (nSPS) is 34.1. The molecule has 20 heavy (non-hydrogen) atoms. The minimum atomic E-state index is -0.703. The zero-order chi connectivity index (χ0) is 14.5. The Morgan fingerprint density at radius 2 is 2.25 bits per heavy atom. The van der Waals surface area contributed by atoms with Crippen molar-refractivity contribution in [3.63, 3.8) is 0 Å². The SMILES string of the molecule is CO[C@@H]1COC[C@@H](N(C)C(=O)CC[C@@H]2CCCO2)[C@@H]1O. The summed E-state index contributed by atoms with van der Waals surface area (Å²) in [5.74, 6) is 0.0184. The Morgan fingerprint density at radius 3 is 2.90 bits per heavy atom. The Labute approximate surface area is 120 Å². The number of aliphatic hydroxyl groups excluding tert-OH is 1. The second-order valence-electron chi connectivity index (χ2n) is 5.55. The van der Waals surface area contributed by atoms with E-state index in [0.717, 1.165) is 25.9 Å². The summed E-state index contributed by atoms with van der Waals surface area (Å²) in [7, 11) is 3.26. The van der Waals surface area contributed by atoms with Gasteiger partial charge in [0.15, 0.2) is 0 Å². The van der Waals surface area contributed by atoms with Crippen LogP contribution in [0.5, 0.6) is 0 Å². The van der Waals surface area contributed by atoms with Gasteiger partial charge in [-0.25, -0.2) is 0 Å². The molecule has 0 radical (unpaired) electrons. The van der Waals surface area contributed by atoms with Crippen molar-refractivity contribution >= 4 is 5.91 Å². The van der Waals surface area contributed by atoms with Crippen LogP contribution in [0.2, 0.25) is 0 Å². The van der Waals surface area contributed by atoms with Crippen LogP contribution in [0.15, 0.2) is 0 Å². The van der Waals surface area contributed by atoms with Crippen LogP contribution < -0.4 is 0 Å². The van der Waals surface area contributed by atoms with Gasteiger partial charge in [0, 0.05) is 27.2 Å². The molecule has 0 unspecified atom stereocenters. The van der Waals surface area contributed by atoms with Gasteiger partial charge in [-0.3, -0.25) is 4.79 Å². The summed E-state index contributed by atoms with van der Waals surface area (Å²) in [4.78, 5) is 13.8. The molecule has 0 aromatic carbocycles. The third-order valence-electron chi connectivity index (χ3n) is 4.24. The first kappa shape index (κ1) is 15.7. The second-order valence-corrected chi connectivity index (χ2v) is 5.55. The van der Waals surface area contributed by atoms with E-state index >= 15 is 0 Å². The summed E-state index contributed by atoms with van der Waals surface area (Å²) in [6.45, 7) is 1.52. The topological polar surface area (TPSA) is 68.2 Å². The van der Waals surface area contributed by atoms with Gasteiger partial charge in [0.25, 0.3) is 0 Å². The summed E-state index contributed by atoms with van der Waals surface area (Å²) in [6, 6.07) is -0.342. The number of hydrogen-bond acceptors (Lipinski definition) is 5. The first-order valence-corrected chi connectivity index (χ1v) is 7.29. The number of carbonyl (C=O) groups is 1. The Bertz CT molecular complexity index is 319. The molecular formula is C14H25NO5. The summed E-state index contributed by atoms with van der Waals surface area (Å²) >= 11 is 0. The van der Waals surface area contributed by atoms with Crippen molar-refractivity contribution in [2.75, 3.05) is 34.0 Å². The molecular weight excluding hydrogens is 262 g/mol. The molecule has 1 N–H and O–H groups in total. The molecule has 0 aromatic heterocycles. The molecule has 2 heterocycles. The quantitative estimate of drug-likeness (QED) is 0.781. The molecule has 0 saturated carbocycles. The number of nitrogens with zero attached hydrogens (tertiary/aromatic N) is 1. The highest BCUT2D eigenvalue weighted by molar-refractivity contribution is 5.76. The van der Waals surface area contributed by atoms with E-state index in [0.29, 0.717) is 19.6 Å². The van der Waals surface area contributed by atoms with Crippen molar-refractivity contribution in [2.24, 2.45) is 0 Å². The molecule has 0 aliphatic carbocycles. The van der Waals surface area contributed by atoms with Crippen LogP contribution in [0.3, 0.4) is 0 Å². The van der Waals surface area contributed by atoms with Crippen LogP contribution in [-0.2, 0) is 19.0 Å². The molecule has 0 bridgehead atoms. The molecule has 6 nitrogen and oxygen atoms in total. The maximum absolute atomic E-state index is 12.2. The van der Waals surface area contributed by atoms with Gasteiger partial charge >= 0.3 is 0 Å². The van der Waals surface area contributed by atoms with Gasteiger partial charge < -0.3 is 24.2 Å². The van der Waals surface area contributed by atoms with Gasteiger partial charge in [-0.2, -0.15) is 0 Å². The van der Waals surface area contributed by atoms with Crippen LogP contribution in [0.1, 0.15) is 25.7 Å². The van der Waals surface area contributed by atoms with Crippen molar-refractivity contribution in [2.45, 2.75) is 50.0 Å². The Hall–Kier alpha value is -0.690. The summed E-state index contributed by atoms with van der Waals surface area (Å²) in [6.07, 6.45) is 2.46. The van der Waals surface area contributed by atoms with Crippen LogP contribution in [-0.4, -0.2) is 74.2 Å². The average Bonchev–Trinajstić information content (AvgIpc) is 2.97. The summed E-state index contributed by atoms with van der Waals surface area (Å²) in [5.41, 5.74) is 0. The second kappa shape index (κ2) is 7.36. The van der Waals surface area contributed by atoms with E-state index in [-0.39, 0.29) is 24.2 Å². The van der Waals surface area contributed by atoms with Gasteiger partial charge in [0.1, 0.15) is 12.2 Å². The molecule has 2 saturated heterocycles. The molecule has 0 spiro atoms. The average molecular weight is 287 g/mol. The third kappa shape index (κ3) is 3.69. The fourth-order valence-corrected chi connectivity index (χ4v) is 2.82. The van der Waals surface area contributed by atoms with Gasteiger partial charge in [0.2, 0.25) is 5.91 Å². The van der Waals surface area contributed by atoms with E-state index in [1.165, 1.54) is 0 Å². The van der Waals surface area contributed by atoms with E-state index in [1.807, 2.05) is 0 Å². The van der Waals surface area contributed by atoms with E-state index in [1.54, 1.807) is 19.1 Å². The van der Waals surface area contributed by atoms with Gasteiger partial charge in [-0.05, 0) is 19.3 Å². The lowest BCUT2D eigenvalue weighted by Crippen LogP contribution is -2.56. The Balaban J connectivity index is 1.82. The highest BCUT2D eigenvalue weighted by Crippen LogP contribution is 2.20. The Kier molecular flexibility index (Phi) is 5.77. The number of aliphatic hydroxyl groups is 1. The smallest absolute Gasteiger partial charge is 0.222 e. The predicted molar refractivity (Wildman–Crippen MR) is 72.4 cm³/mol. The number of carbonyl (C=O) groups excluding carboxylic acids is 1. The fraction of sp³-hybridized carbons (Fsp3) is 0.929. The van der Waals surface area contributed by atoms with Gasteiger partial charge in [-0.15, -0.1) is 0 Å². The van der Waals surface area contributed by atoms with Crippen LogP contribution in [0.4, 0.5) is 0 Å². The Morgan fingerprint density at radius 1 is 1.45 bits per heavy atom. The van der Waals surface area contributed by atoms with Crippen molar-refractivity contribution in [3.05, 3.63) is 0 Å². The van der Waals surface area contributed by atoms with Crippen molar-refractivity contribution in [3.8, 4) is 0 Å². The monoisotopic (exact) mass is 287 g/mol. The fourth-order valence-electron chi connectivity index (χ4n) is 2.82. The molecule has 116 valence electrons. The number of likely N-dealkylation sites (N-methyl/N-ethyl adjacent to an activating group) is 1. The molecule has 2 rings (SSSR count). The maximum Gasteiger partial charge on any atom is 0.222 e. The van der Waals surface area contributed by atoms with E-state index in [2.05, 4.69) is 0 Å². The summed E-state index contributed by atoms with van der Waals surface area (Å²) < 4.78 is 16.1. The predicted octanol–water partition coefficient (Wildman–Crippen LogP) is 0.179. The number of rotatable bonds is 5. The van der Waals surface area contributed by atoms with Gasteiger partial charge in [0.05, 0.1) is 25.4 Å². The third-order valence-corrected chi connectivity index (χ3v) is 4.24. The first-order valence-electron chi connectivity index (χ1n) is 7.29. The highest BCUT2D eigenvalue weighted by atomic mass is 16.5. The number of hydrogen-bond donors (Lipinski definition) is 1. The van der Waals surface area contributed by atoms with Crippen LogP contribution >= 0.6 is 0 Å². The van der Waals surface area contributed by atoms with Crippen molar-refractivity contribution < 1.29 is 24.1 Å². The van der Waals surface area contributed by atoms with Crippen LogP contribution in [0, 0.1) is 0 Å². The van der Waals surface area contributed by atoms with Crippen molar-refractivity contribution in [1.29, 1.82) is 0 Å². The molecule has 6 heteroatoms. The number of methoxy groups -OCH3 is 1. The number of ether oxygens (including phenoxy) is 3. The van der Waals surface area contributed by atoms with E-state index < -0.39 is 6.10 Å². The zero-order valence-electron chi connectivity index (χ0n) is 12.3. The lowest BCUT2D eigenvalue weighted by molar-refractivity contribution is -0.158. The lowest BCUT2D eigenvalue weighted by Gasteiger charge is -2.39. The van der Waals surface area contributed by atoms with Crippen molar-refractivity contribution in [1.82, 2.24) is 4.90 Å². The van der Waals surface area contributed by atoms with Crippen LogP contribution in [0.25, 0.3) is 0 Å². The molecule has 2 aliphatic rings. The first-order chi connectivity index (χ1) is 9.63. The van der Waals surface area contributed by atoms with E-state index in [4.69, 9.17) is 14.2 Å². The minimum absolute atomic E-state index is 0.0184. The molecule has 2 fully saturated rings. The molecule has 2 aliphatic heterocycles. The molecule has 4 atom stereocenters. The maximum atomic E-state index is 12.2. The molecule has 1 amide bonds. The zero-order valence-corrected chi connectivity index (χ0v) is 12.3. The standard InChI is InChI=1S/C14H25NO5/c1-15(11-8-19-9-12(18-2)14(11)17)13(16)6-5-10-4-3-7-20-10/h10-12,14,17H,3-9H2,1-2H3/t10-,11+,12+,14-/m0/s1. The summed E-state index contributed by atoms with van der Waals surface area (Å²) in [5, 5.41) is 10.2. The molecule has 0 aromatic rings. The lowest BCUT2D eigenvalue weighted by atomic mass is 10.0. The van der Waals surface area contributed by atoms with Gasteiger partial charge in [-0.1, -0.05) is 0 Å².